The third-order valence-electron chi connectivity index (χ3n) is 6.30. The molecule has 0 aliphatic carbocycles. The van der Waals surface area contributed by atoms with Crippen LogP contribution in [0.1, 0.15) is 57.8 Å². The summed E-state index contributed by atoms with van der Waals surface area (Å²) in [6.07, 6.45) is 3.93. The van der Waals surface area contributed by atoms with E-state index in [0.717, 1.165) is 48.5 Å². The Kier molecular flexibility index (Phi) is 5.69. The highest BCUT2D eigenvalue weighted by molar-refractivity contribution is 6.21. The largest absolute Gasteiger partial charge is 0.324 e. The Bertz CT molecular complexity index is 1320. The first-order valence-electron chi connectivity index (χ1n) is 11.4. The molecule has 9 heteroatoms. The second-order valence-electron chi connectivity index (χ2n) is 8.71. The zero-order chi connectivity index (χ0) is 23.8. The predicted molar refractivity (Wildman–Crippen MR) is 123 cm³/mol. The fourth-order valence-corrected chi connectivity index (χ4v) is 4.49. The number of halogens is 1. The van der Waals surface area contributed by atoms with E-state index in [1.54, 1.807) is 30.3 Å². The van der Waals surface area contributed by atoms with Crippen LogP contribution in [-0.4, -0.2) is 43.9 Å². The van der Waals surface area contributed by atoms with Crippen molar-refractivity contribution in [2.45, 2.75) is 45.6 Å². The number of carbonyl (C=O) groups excluding carboxylic acids is 3. The molecule has 5 rings (SSSR count). The molecule has 3 amide bonds. The monoisotopic (exact) mass is 461 g/mol. The number of aryl methyl sites for hydroxylation is 2. The maximum Gasteiger partial charge on any atom is 0.261 e. The van der Waals surface area contributed by atoms with Crippen LogP contribution in [0.2, 0.25) is 0 Å². The molecule has 0 spiro atoms. The average molecular weight is 461 g/mol. The number of carbonyl (C=O) groups is 3. The number of rotatable bonds is 5. The molecule has 1 aromatic heterocycles. The molecule has 0 fully saturated rings. The lowest BCUT2D eigenvalue weighted by Gasteiger charge is -2.14. The molecule has 3 heterocycles. The smallest absolute Gasteiger partial charge is 0.261 e. The first-order valence-corrected chi connectivity index (χ1v) is 11.4. The Morgan fingerprint density at radius 3 is 2.71 bits per heavy atom. The third-order valence-corrected chi connectivity index (χ3v) is 6.30. The second kappa shape index (κ2) is 8.81. The summed E-state index contributed by atoms with van der Waals surface area (Å²) in [5.41, 5.74) is 2.23. The number of aromatic nitrogens is 3. The van der Waals surface area contributed by atoms with Gasteiger partial charge in [0.05, 0.1) is 16.8 Å². The van der Waals surface area contributed by atoms with Gasteiger partial charge in [0, 0.05) is 31.5 Å². The van der Waals surface area contributed by atoms with Crippen molar-refractivity contribution in [3.8, 4) is 11.4 Å². The Labute approximate surface area is 195 Å². The fraction of sp³-hybridized carbons (Fsp3) is 0.320. The van der Waals surface area contributed by atoms with Crippen molar-refractivity contribution >= 4 is 23.4 Å². The molecule has 0 atom stereocenters. The van der Waals surface area contributed by atoms with Gasteiger partial charge in [-0.25, -0.2) is 4.39 Å². The highest BCUT2D eigenvalue weighted by Gasteiger charge is 2.35. The number of hydrogen-bond donors (Lipinski definition) is 1. The van der Waals surface area contributed by atoms with Crippen molar-refractivity contribution in [2.24, 2.45) is 0 Å². The maximum absolute atomic E-state index is 14.5. The molecule has 1 N–H and O–H groups in total. The topological polar surface area (TPSA) is 97.2 Å². The van der Waals surface area contributed by atoms with E-state index in [1.165, 1.54) is 6.07 Å². The summed E-state index contributed by atoms with van der Waals surface area (Å²) in [4.78, 5) is 38.8. The number of nitrogens with zero attached hydrogens (tertiary/aromatic N) is 4. The van der Waals surface area contributed by atoms with Crippen LogP contribution in [0.4, 0.5) is 10.1 Å². The van der Waals surface area contributed by atoms with Gasteiger partial charge in [-0.15, -0.1) is 10.2 Å². The van der Waals surface area contributed by atoms with Crippen LogP contribution < -0.4 is 5.32 Å². The van der Waals surface area contributed by atoms with Crippen LogP contribution in [-0.2, 0) is 17.8 Å². The molecule has 8 nitrogen and oxygen atoms in total. The summed E-state index contributed by atoms with van der Waals surface area (Å²) in [5, 5.41) is 11.1. The van der Waals surface area contributed by atoms with E-state index in [0.29, 0.717) is 22.5 Å². The average Bonchev–Trinajstić information content (AvgIpc) is 3.21. The first kappa shape index (κ1) is 21.9. The zero-order valence-electron chi connectivity index (χ0n) is 18.8. The van der Waals surface area contributed by atoms with Gasteiger partial charge in [-0.2, -0.15) is 0 Å². The molecular weight excluding hydrogens is 437 g/mol. The van der Waals surface area contributed by atoms with Crippen molar-refractivity contribution in [3.63, 3.8) is 0 Å². The normalized spacial score (nSPS) is 15.2. The standard InChI is InChI=1S/C25H24FN5O3/c1-15-6-8-17-18(13-15)25(34)31(24(17)33)12-10-22(32)27-20-14-16(7-9-19(20)26)23-29-28-21-5-3-2-4-11-30(21)23/h6-9,13-14H,2-5,10-12H2,1H3,(H,27,32). The van der Waals surface area contributed by atoms with E-state index in [1.807, 2.05) is 6.92 Å². The summed E-state index contributed by atoms with van der Waals surface area (Å²) in [6.45, 7) is 2.56. The summed E-state index contributed by atoms with van der Waals surface area (Å²) in [7, 11) is 0. The first-order chi connectivity index (χ1) is 16.4. The molecule has 3 aromatic rings. The van der Waals surface area contributed by atoms with Crippen LogP contribution in [0.5, 0.6) is 0 Å². The molecule has 0 unspecified atom stereocenters. The molecule has 0 saturated carbocycles. The lowest BCUT2D eigenvalue weighted by Crippen LogP contribution is -2.33. The molecular formula is C25H24FN5O3. The maximum atomic E-state index is 14.5. The number of nitrogens with one attached hydrogen (secondary N) is 1. The number of hydrogen-bond acceptors (Lipinski definition) is 5. The SMILES string of the molecule is Cc1ccc2c(c1)C(=O)N(CCC(=O)Nc1cc(-c3nnc4n3CCCCC4)ccc1F)C2=O. The minimum absolute atomic E-state index is 0.0199. The van der Waals surface area contributed by atoms with Gasteiger partial charge < -0.3 is 9.88 Å². The summed E-state index contributed by atoms with van der Waals surface area (Å²) < 4.78 is 16.5. The van der Waals surface area contributed by atoms with Crippen LogP contribution in [0, 0.1) is 12.7 Å². The molecule has 2 aliphatic rings. The molecule has 34 heavy (non-hydrogen) atoms. The van der Waals surface area contributed by atoms with Crippen molar-refractivity contribution in [1.82, 2.24) is 19.7 Å². The lowest BCUT2D eigenvalue weighted by atomic mass is 10.1. The van der Waals surface area contributed by atoms with Gasteiger partial charge >= 0.3 is 0 Å². The third kappa shape index (κ3) is 3.98. The van der Waals surface area contributed by atoms with E-state index in [2.05, 4.69) is 20.1 Å². The highest BCUT2D eigenvalue weighted by atomic mass is 19.1. The molecule has 0 bridgehead atoms. The number of fused-ring (bicyclic) bond motifs is 2. The Morgan fingerprint density at radius 2 is 1.85 bits per heavy atom. The molecule has 0 radical (unpaired) electrons. The van der Waals surface area contributed by atoms with Crippen LogP contribution in [0.25, 0.3) is 11.4 Å². The summed E-state index contributed by atoms with van der Waals surface area (Å²) in [5.74, 6) is -0.356. The highest BCUT2D eigenvalue weighted by Crippen LogP contribution is 2.27. The number of benzene rings is 2. The van der Waals surface area contributed by atoms with E-state index < -0.39 is 23.5 Å². The lowest BCUT2D eigenvalue weighted by molar-refractivity contribution is -0.116. The van der Waals surface area contributed by atoms with Crippen LogP contribution in [0.15, 0.2) is 36.4 Å². The summed E-state index contributed by atoms with van der Waals surface area (Å²) >= 11 is 0. The van der Waals surface area contributed by atoms with E-state index in [4.69, 9.17) is 0 Å². The van der Waals surface area contributed by atoms with Gasteiger partial charge in [-0.3, -0.25) is 19.3 Å². The Balaban J connectivity index is 1.28. The summed E-state index contributed by atoms with van der Waals surface area (Å²) in [6, 6.07) is 9.51. The molecule has 2 aromatic carbocycles. The Morgan fingerprint density at radius 1 is 1.03 bits per heavy atom. The molecule has 174 valence electrons. The van der Waals surface area contributed by atoms with Gasteiger partial charge in [0.15, 0.2) is 5.82 Å². The van der Waals surface area contributed by atoms with Crippen LogP contribution >= 0.6 is 0 Å². The predicted octanol–water partition coefficient (Wildman–Crippen LogP) is 3.74. The van der Waals surface area contributed by atoms with E-state index in [9.17, 15) is 18.8 Å². The van der Waals surface area contributed by atoms with Gasteiger partial charge in [-0.05, 0) is 50.1 Å². The van der Waals surface area contributed by atoms with Crippen molar-refractivity contribution in [2.75, 3.05) is 11.9 Å². The van der Waals surface area contributed by atoms with Crippen molar-refractivity contribution in [1.29, 1.82) is 0 Å². The van der Waals surface area contributed by atoms with Gasteiger partial charge in [-0.1, -0.05) is 18.1 Å². The minimum Gasteiger partial charge on any atom is -0.324 e. The molecule has 2 aliphatic heterocycles. The van der Waals surface area contributed by atoms with Crippen LogP contribution in [0.3, 0.4) is 0 Å². The van der Waals surface area contributed by atoms with Crippen molar-refractivity contribution in [3.05, 3.63) is 64.7 Å². The quantitative estimate of drug-likeness (QED) is 0.584. The van der Waals surface area contributed by atoms with E-state index >= 15 is 0 Å². The zero-order valence-corrected chi connectivity index (χ0v) is 18.8. The fourth-order valence-electron chi connectivity index (χ4n) is 4.49. The van der Waals surface area contributed by atoms with Gasteiger partial charge in [0.1, 0.15) is 11.6 Å². The minimum atomic E-state index is -0.580. The number of imide groups is 1. The number of anilines is 1. The van der Waals surface area contributed by atoms with E-state index in [-0.39, 0.29) is 18.7 Å². The van der Waals surface area contributed by atoms with Gasteiger partial charge in [0.2, 0.25) is 5.91 Å². The number of amides is 3. The second-order valence-corrected chi connectivity index (χ2v) is 8.71. The van der Waals surface area contributed by atoms with Crippen molar-refractivity contribution < 1.29 is 18.8 Å². The van der Waals surface area contributed by atoms with Gasteiger partial charge in [0.25, 0.3) is 11.8 Å². The Hall–Kier alpha value is -3.88. The molecule has 0 saturated heterocycles.